The lowest BCUT2D eigenvalue weighted by atomic mass is 9.99. The second-order valence-corrected chi connectivity index (χ2v) is 3.91. The first-order chi connectivity index (χ1) is 7.58. The van der Waals surface area contributed by atoms with Gasteiger partial charge in [-0.15, -0.1) is 0 Å². The van der Waals surface area contributed by atoms with Gasteiger partial charge in [0.25, 0.3) is 0 Å². The number of esters is 1. The molecule has 1 aromatic rings. The van der Waals surface area contributed by atoms with Crippen molar-refractivity contribution in [2.45, 2.75) is 19.6 Å². The summed E-state index contributed by atoms with van der Waals surface area (Å²) in [6.45, 7) is 3.60. The van der Waals surface area contributed by atoms with Crippen LogP contribution in [0.25, 0.3) is 5.57 Å². The highest BCUT2D eigenvalue weighted by Gasteiger charge is 2.42. The fourth-order valence-electron chi connectivity index (χ4n) is 1.82. The third kappa shape index (κ3) is 1.53. The molecule has 0 fully saturated rings. The fraction of sp³-hybridized carbons (Fsp3) is 0.308. The zero-order valence-corrected chi connectivity index (χ0v) is 9.61. The molecule has 0 aromatic heterocycles. The molecule has 1 atom stereocenters. The topological polar surface area (TPSA) is 35.5 Å². The van der Waals surface area contributed by atoms with Crippen LogP contribution in [0.5, 0.6) is 0 Å². The molecule has 1 heterocycles. The van der Waals surface area contributed by atoms with Crippen molar-refractivity contribution in [3.05, 3.63) is 41.5 Å². The molecule has 3 nitrogen and oxygen atoms in total. The van der Waals surface area contributed by atoms with E-state index in [1.54, 1.807) is 6.92 Å². The highest BCUT2D eigenvalue weighted by Crippen LogP contribution is 2.37. The third-order valence-electron chi connectivity index (χ3n) is 3.00. The summed E-state index contributed by atoms with van der Waals surface area (Å²) >= 11 is 0. The quantitative estimate of drug-likeness (QED) is 0.715. The number of rotatable bonds is 2. The van der Waals surface area contributed by atoms with E-state index in [2.05, 4.69) is 0 Å². The van der Waals surface area contributed by atoms with Crippen LogP contribution >= 0.6 is 0 Å². The Bertz CT molecular complexity index is 448. The van der Waals surface area contributed by atoms with E-state index >= 15 is 0 Å². The van der Waals surface area contributed by atoms with Crippen molar-refractivity contribution in [2.24, 2.45) is 0 Å². The monoisotopic (exact) mass is 218 g/mol. The maximum absolute atomic E-state index is 11.8. The maximum atomic E-state index is 11.8. The van der Waals surface area contributed by atoms with E-state index in [1.807, 2.05) is 37.3 Å². The van der Waals surface area contributed by atoms with Crippen molar-refractivity contribution >= 4 is 11.5 Å². The summed E-state index contributed by atoms with van der Waals surface area (Å²) in [5.41, 5.74) is 2.28. The molecule has 1 unspecified atom stereocenters. The van der Waals surface area contributed by atoms with E-state index in [9.17, 15) is 4.79 Å². The average Bonchev–Trinajstić information content (AvgIpc) is 2.52. The van der Waals surface area contributed by atoms with Gasteiger partial charge in [-0.3, -0.25) is 0 Å². The summed E-state index contributed by atoms with van der Waals surface area (Å²) in [7, 11) is 1.53. The Labute approximate surface area is 94.7 Å². The van der Waals surface area contributed by atoms with E-state index in [1.165, 1.54) is 7.11 Å². The van der Waals surface area contributed by atoms with Crippen LogP contribution in [0.3, 0.4) is 0 Å². The molecular formula is C13H14O3. The smallest absolute Gasteiger partial charge is 0.341 e. The van der Waals surface area contributed by atoms with E-state index in [0.717, 1.165) is 11.1 Å². The van der Waals surface area contributed by atoms with Crippen LogP contribution in [0.1, 0.15) is 19.4 Å². The van der Waals surface area contributed by atoms with Gasteiger partial charge < -0.3 is 9.47 Å². The van der Waals surface area contributed by atoms with Gasteiger partial charge in [0, 0.05) is 19.6 Å². The number of carbonyl (C=O) groups is 1. The first kappa shape index (κ1) is 10.9. The lowest BCUT2D eigenvalue weighted by molar-refractivity contribution is -0.184. The largest absolute Gasteiger partial charge is 0.426 e. The van der Waals surface area contributed by atoms with E-state index in [0.29, 0.717) is 5.57 Å². The van der Waals surface area contributed by atoms with Gasteiger partial charge in [-0.05, 0) is 12.5 Å². The Morgan fingerprint density at radius 2 is 1.88 bits per heavy atom. The molecule has 1 aliphatic rings. The SMILES string of the molecule is COC1(C)OC(=O)C(c2ccccc2)=C1C. The molecule has 0 saturated carbocycles. The predicted octanol–water partition coefficient (Wildman–Crippen LogP) is 2.38. The summed E-state index contributed by atoms with van der Waals surface area (Å²) in [6, 6.07) is 9.48. The van der Waals surface area contributed by atoms with Gasteiger partial charge in [-0.1, -0.05) is 30.3 Å². The number of ether oxygens (including phenoxy) is 2. The highest BCUT2D eigenvalue weighted by atomic mass is 16.7. The Morgan fingerprint density at radius 1 is 1.25 bits per heavy atom. The van der Waals surface area contributed by atoms with Crippen molar-refractivity contribution in [1.29, 1.82) is 0 Å². The minimum absolute atomic E-state index is 0.326. The lowest BCUT2D eigenvalue weighted by Crippen LogP contribution is -2.29. The van der Waals surface area contributed by atoms with Crippen molar-refractivity contribution in [3.8, 4) is 0 Å². The average molecular weight is 218 g/mol. The number of cyclic esters (lactones) is 1. The highest BCUT2D eigenvalue weighted by molar-refractivity contribution is 6.19. The van der Waals surface area contributed by atoms with E-state index in [-0.39, 0.29) is 5.97 Å². The van der Waals surface area contributed by atoms with Gasteiger partial charge >= 0.3 is 5.97 Å². The van der Waals surface area contributed by atoms with Crippen LogP contribution in [0.2, 0.25) is 0 Å². The molecule has 16 heavy (non-hydrogen) atoms. The van der Waals surface area contributed by atoms with Gasteiger partial charge in [0.05, 0.1) is 5.57 Å². The molecule has 3 heteroatoms. The third-order valence-corrected chi connectivity index (χ3v) is 3.00. The first-order valence-electron chi connectivity index (χ1n) is 5.14. The molecule has 2 rings (SSSR count). The minimum atomic E-state index is -0.928. The van der Waals surface area contributed by atoms with Crippen LogP contribution in [-0.2, 0) is 14.3 Å². The second kappa shape index (κ2) is 3.76. The zero-order chi connectivity index (χ0) is 11.8. The number of hydrogen-bond donors (Lipinski definition) is 0. The molecule has 1 aromatic carbocycles. The number of hydrogen-bond acceptors (Lipinski definition) is 3. The molecular weight excluding hydrogens is 204 g/mol. The molecule has 0 saturated heterocycles. The van der Waals surface area contributed by atoms with Crippen molar-refractivity contribution in [2.75, 3.05) is 7.11 Å². The van der Waals surface area contributed by atoms with Crippen molar-refractivity contribution in [1.82, 2.24) is 0 Å². The molecule has 0 aliphatic carbocycles. The van der Waals surface area contributed by atoms with Gasteiger partial charge in [0.2, 0.25) is 5.79 Å². The Kier molecular flexibility index (Phi) is 2.56. The summed E-state index contributed by atoms with van der Waals surface area (Å²) < 4.78 is 10.5. The van der Waals surface area contributed by atoms with Crippen LogP contribution in [0.4, 0.5) is 0 Å². The lowest BCUT2D eigenvalue weighted by Gasteiger charge is -2.22. The van der Waals surface area contributed by atoms with Crippen molar-refractivity contribution < 1.29 is 14.3 Å². The maximum Gasteiger partial charge on any atom is 0.341 e. The normalized spacial score (nSPS) is 24.8. The van der Waals surface area contributed by atoms with Gasteiger partial charge in [-0.2, -0.15) is 0 Å². The molecule has 0 spiro atoms. The molecule has 0 N–H and O–H groups in total. The first-order valence-corrected chi connectivity index (χ1v) is 5.14. The van der Waals surface area contributed by atoms with E-state index in [4.69, 9.17) is 9.47 Å². The Balaban J connectivity index is 2.52. The summed E-state index contributed by atoms with van der Waals surface area (Å²) in [5, 5.41) is 0. The standard InChI is InChI=1S/C13H14O3/c1-9-11(10-7-5-4-6-8-10)12(14)16-13(9,2)15-3/h4-8H,1-3H3. The summed E-state index contributed by atoms with van der Waals surface area (Å²) in [4.78, 5) is 11.8. The van der Waals surface area contributed by atoms with Gasteiger partial charge in [0.1, 0.15) is 0 Å². The minimum Gasteiger partial charge on any atom is -0.426 e. The Hall–Kier alpha value is -1.61. The van der Waals surface area contributed by atoms with Crippen LogP contribution in [0.15, 0.2) is 35.9 Å². The van der Waals surface area contributed by atoms with E-state index < -0.39 is 5.79 Å². The number of benzene rings is 1. The zero-order valence-electron chi connectivity index (χ0n) is 9.61. The molecule has 1 aliphatic heterocycles. The predicted molar refractivity (Wildman–Crippen MR) is 60.5 cm³/mol. The molecule has 0 amide bonds. The van der Waals surface area contributed by atoms with Gasteiger partial charge in [-0.25, -0.2) is 4.79 Å². The second-order valence-electron chi connectivity index (χ2n) is 3.91. The number of methoxy groups -OCH3 is 1. The Morgan fingerprint density at radius 3 is 2.38 bits per heavy atom. The molecule has 0 bridgehead atoms. The number of carbonyl (C=O) groups excluding carboxylic acids is 1. The van der Waals surface area contributed by atoms with Crippen molar-refractivity contribution in [3.63, 3.8) is 0 Å². The fourth-order valence-corrected chi connectivity index (χ4v) is 1.82. The molecule has 84 valence electrons. The summed E-state index contributed by atoms with van der Waals surface area (Å²) in [6.07, 6.45) is 0. The van der Waals surface area contributed by atoms with Crippen LogP contribution in [0, 0.1) is 0 Å². The van der Waals surface area contributed by atoms with Gasteiger partial charge in [0.15, 0.2) is 0 Å². The summed E-state index contributed by atoms with van der Waals surface area (Å²) in [5.74, 6) is -1.25. The molecule has 0 radical (unpaired) electrons. The van der Waals surface area contributed by atoms with Crippen LogP contribution < -0.4 is 0 Å². The van der Waals surface area contributed by atoms with Crippen LogP contribution in [-0.4, -0.2) is 18.9 Å².